The van der Waals surface area contributed by atoms with Crippen LogP contribution in [0.4, 0.5) is 0 Å². The van der Waals surface area contributed by atoms with Gasteiger partial charge in [-0.2, -0.15) is 0 Å². The van der Waals surface area contributed by atoms with Gasteiger partial charge >= 0.3 is 5.97 Å². The van der Waals surface area contributed by atoms with Gasteiger partial charge in [-0.25, -0.2) is 0 Å². The number of carboxylic acid groups (broad SMARTS) is 1. The quantitative estimate of drug-likeness (QED) is 0.661. The van der Waals surface area contributed by atoms with Gasteiger partial charge in [0.1, 0.15) is 0 Å². The number of aliphatic carboxylic acids is 1. The van der Waals surface area contributed by atoms with E-state index in [1.54, 1.807) is 11.8 Å². The third-order valence-electron chi connectivity index (χ3n) is 3.87. The first-order valence-corrected chi connectivity index (χ1v) is 8.12. The van der Waals surface area contributed by atoms with Crippen LogP contribution in [0, 0.1) is 11.8 Å². The second-order valence-electron chi connectivity index (χ2n) is 5.16. The maximum atomic E-state index is 12.5. The third-order valence-corrected chi connectivity index (χ3v) is 4.76. The molecule has 0 saturated heterocycles. The van der Waals surface area contributed by atoms with Gasteiger partial charge in [0.15, 0.2) is 5.78 Å². The van der Waals surface area contributed by atoms with E-state index in [-0.39, 0.29) is 11.7 Å². The first kappa shape index (κ1) is 15.1. The molecule has 0 heterocycles. The summed E-state index contributed by atoms with van der Waals surface area (Å²) in [7, 11) is 0. The summed E-state index contributed by atoms with van der Waals surface area (Å²) in [4.78, 5) is 24.9. The minimum atomic E-state index is -0.832. The minimum absolute atomic E-state index is 0.00912. The Kier molecular flexibility index (Phi) is 5.24. The van der Waals surface area contributed by atoms with Gasteiger partial charge < -0.3 is 5.11 Å². The van der Waals surface area contributed by atoms with Gasteiger partial charge in [-0.3, -0.25) is 9.59 Å². The highest BCUT2D eigenvalue weighted by Gasteiger charge is 2.35. The molecule has 0 aromatic heterocycles. The fourth-order valence-corrected chi connectivity index (χ4v) is 3.50. The molecule has 1 N–H and O–H groups in total. The zero-order valence-corrected chi connectivity index (χ0v) is 12.5. The van der Waals surface area contributed by atoms with Gasteiger partial charge in [0.2, 0.25) is 0 Å². The van der Waals surface area contributed by atoms with E-state index in [2.05, 4.69) is 6.92 Å². The van der Waals surface area contributed by atoms with E-state index in [1.807, 2.05) is 24.3 Å². The largest absolute Gasteiger partial charge is 0.481 e. The SMILES string of the molecule is CCSc1ccc(C(=O)[C@@H]2CCCC[C@@H]2C(=O)O)cc1. The number of Topliss-reactive ketones (excluding diaryl/α,β-unsaturated/α-hetero) is 1. The summed E-state index contributed by atoms with van der Waals surface area (Å²) in [5.41, 5.74) is 0.642. The van der Waals surface area contributed by atoms with Crippen LogP contribution < -0.4 is 0 Å². The molecule has 0 spiro atoms. The molecule has 1 aliphatic carbocycles. The smallest absolute Gasteiger partial charge is 0.307 e. The number of carbonyl (C=O) groups is 2. The van der Waals surface area contributed by atoms with Gasteiger partial charge in [0.25, 0.3) is 0 Å². The number of hydrogen-bond donors (Lipinski definition) is 1. The highest BCUT2D eigenvalue weighted by molar-refractivity contribution is 7.99. The van der Waals surface area contributed by atoms with Crippen molar-refractivity contribution in [2.24, 2.45) is 11.8 Å². The number of benzene rings is 1. The zero-order chi connectivity index (χ0) is 14.5. The molecule has 0 bridgehead atoms. The Hall–Kier alpha value is -1.29. The lowest BCUT2D eigenvalue weighted by Crippen LogP contribution is -2.32. The topological polar surface area (TPSA) is 54.4 Å². The van der Waals surface area contributed by atoms with Crippen LogP contribution in [0.3, 0.4) is 0 Å². The number of thioether (sulfide) groups is 1. The van der Waals surface area contributed by atoms with Crippen LogP contribution in [-0.2, 0) is 4.79 Å². The summed E-state index contributed by atoms with van der Waals surface area (Å²) in [5, 5.41) is 9.26. The molecule has 2 rings (SSSR count). The van der Waals surface area contributed by atoms with Crippen LogP contribution in [0.5, 0.6) is 0 Å². The monoisotopic (exact) mass is 292 g/mol. The molecule has 1 fully saturated rings. The molecule has 1 aromatic rings. The van der Waals surface area contributed by atoms with Gasteiger partial charge in [-0.15, -0.1) is 11.8 Å². The second-order valence-corrected chi connectivity index (χ2v) is 6.49. The van der Waals surface area contributed by atoms with Crippen molar-refractivity contribution in [3.63, 3.8) is 0 Å². The Balaban J connectivity index is 2.14. The molecule has 4 heteroatoms. The highest BCUT2D eigenvalue weighted by Crippen LogP contribution is 2.33. The predicted octanol–water partition coefficient (Wildman–Crippen LogP) is 3.87. The van der Waals surface area contributed by atoms with E-state index in [0.29, 0.717) is 18.4 Å². The first-order chi connectivity index (χ1) is 9.63. The van der Waals surface area contributed by atoms with E-state index in [9.17, 15) is 14.7 Å². The molecular weight excluding hydrogens is 272 g/mol. The second kappa shape index (κ2) is 6.93. The van der Waals surface area contributed by atoms with Gasteiger partial charge in [-0.1, -0.05) is 31.9 Å². The summed E-state index contributed by atoms with van der Waals surface area (Å²) in [6.45, 7) is 2.09. The van der Waals surface area contributed by atoms with Crippen LogP contribution in [-0.4, -0.2) is 22.6 Å². The molecule has 20 heavy (non-hydrogen) atoms. The Morgan fingerprint density at radius 1 is 1.15 bits per heavy atom. The normalized spacial score (nSPS) is 22.4. The number of ketones is 1. The number of carboxylic acids is 1. The van der Waals surface area contributed by atoms with E-state index >= 15 is 0 Å². The fourth-order valence-electron chi connectivity index (χ4n) is 2.84. The summed E-state index contributed by atoms with van der Waals surface area (Å²) >= 11 is 1.73. The Morgan fingerprint density at radius 2 is 1.75 bits per heavy atom. The van der Waals surface area contributed by atoms with Gasteiger partial charge in [0, 0.05) is 16.4 Å². The Bertz CT molecular complexity index is 481. The minimum Gasteiger partial charge on any atom is -0.481 e. The maximum absolute atomic E-state index is 12.5. The molecular formula is C16H20O3S. The van der Waals surface area contributed by atoms with Crippen LogP contribution in [0.2, 0.25) is 0 Å². The Labute approximate surface area is 123 Å². The van der Waals surface area contributed by atoms with Crippen molar-refractivity contribution in [1.82, 2.24) is 0 Å². The number of rotatable bonds is 5. The van der Waals surface area contributed by atoms with Crippen LogP contribution in [0.15, 0.2) is 29.2 Å². The Morgan fingerprint density at radius 3 is 2.30 bits per heavy atom. The molecule has 0 unspecified atom stereocenters. The average Bonchev–Trinajstić information content (AvgIpc) is 2.47. The summed E-state index contributed by atoms with van der Waals surface area (Å²) < 4.78 is 0. The molecule has 2 atom stereocenters. The average molecular weight is 292 g/mol. The van der Waals surface area contributed by atoms with Crippen molar-refractivity contribution in [2.45, 2.75) is 37.5 Å². The van der Waals surface area contributed by atoms with E-state index < -0.39 is 11.9 Å². The van der Waals surface area contributed by atoms with Crippen molar-refractivity contribution in [3.05, 3.63) is 29.8 Å². The molecule has 0 amide bonds. The summed E-state index contributed by atoms with van der Waals surface area (Å²) in [6, 6.07) is 7.54. The maximum Gasteiger partial charge on any atom is 0.307 e. The fraction of sp³-hybridized carbons (Fsp3) is 0.500. The first-order valence-electron chi connectivity index (χ1n) is 7.13. The summed E-state index contributed by atoms with van der Waals surface area (Å²) in [6.07, 6.45) is 3.17. The van der Waals surface area contributed by atoms with E-state index in [4.69, 9.17) is 0 Å². The molecule has 3 nitrogen and oxygen atoms in total. The van der Waals surface area contributed by atoms with Crippen LogP contribution in [0.25, 0.3) is 0 Å². The van der Waals surface area contributed by atoms with Crippen molar-refractivity contribution in [2.75, 3.05) is 5.75 Å². The van der Waals surface area contributed by atoms with E-state index in [0.717, 1.165) is 23.5 Å². The standard InChI is InChI=1S/C16H20O3S/c1-2-20-12-9-7-11(8-10-12)15(17)13-5-3-4-6-14(13)16(18)19/h7-10,13-14H,2-6H2,1H3,(H,18,19)/t13-,14+/m1/s1. The molecule has 1 aromatic carbocycles. The predicted molar refractivity (Wildman–Crippen MR) is 80.3 cm³/mol. The third kappa shape index (κ3) is 3.42. The lowest BCUT2D eigenvalue weighted by Gasteiger charge is -2.27. The highest BCUT2D eigenvalue weighted by atomic mass is 32.2. The molecule has 1 saturated carbocycles. The molecule has 1 aliphatic rings. The van der Waals surface area contributed by atoms with E-state index in [1.165, 1.54) is 0 Å². The number of hydrogen-bond acceptors (Lipinski definition) is 3. The zero-order valence-electron chi connectivity index (χ0n) is 11.7. The summed E-state index contributed by atoms with van der Waals surface area (Å²) in [5.74, 6) is -0.713. The number of carbonyl (C=O) groups excluding carboxylic acids is 1. The molecule has 0 aliphatic heterocycles. The van der Waals surface area contributed by atoms with Crippen molar-refractivity contribution in [1.29, 1.82) is 0 Å². The van der Waals surface area contributed by atoms with Crippen LogP contribution in [0.1, 0.15) is 43.0 Å². The van der Waals surface area contributed by atoms with Gasteiger partial charge in [-0.05, 0) is 30.7 Å². The van der Waals surface area contributed by atoms with Crippen molar-refractivity contribution >= 4 is 23.5 Å². The molecule has 0 radical (unpaired) electrons. The van der Waals surface area contributed by atoms with Crippen molar-refractivity contribution in [3.8, 4) is 0 Å². The van der Waals surface area contributed by atoms with Crippen LogP contribution >= 0.6 is 11.8 Å². The lowest BCUT2D eigenvalue weighted by atomic mass is 9.75. The van der Waals surface area contributed by atoms with Crippen molar-refractivity contribution < 1.29 is 14.7 Å². The lowest BCUT2D eigenvalue weighted by molar-refractivity contribution is -0.144. The molecule has 108 valence electrons. The van der Waals surface area contributed by atoms with Gasteiger partial charge in [0.05, 0.1) is 5.92 Å².